The topological polar surface area (TPSA) is 53.5 Å². The maximum absolute atomic E-state index is 14.0. The lowest BCUT2D eigenvalue weighted by Crippen LogP contribution is -2.37. The highest BCUT2D eigenvalue weighted by atomic mass is 35.5. The minimum absolute atomic E-state index is 0.0949. The number of pyridine rings is 1. The Labute approximate surface area is 150 Å². The summed E-state index contributed by atoms with van der Waals surface area (Å²) in [4.78, 5) is 32.3. The molecule has 3 rings (SSSR count). The van der Waals surface area contributed by atoms with E-state index in [1.54, 1.807) is 28.1 Å². The zero-order valence-electron chi connectivity index (χ0n) is 13.5. The molecule has 7 heteroatoms. The van der Waals surface area contributed by atoms with E-state index in [9.17, 15) is 14.0 Å². The number of carbonyl (C=O) groups excluding carboxylic acids is 2. The maximum atomic E-state index is 14.0. The second-order valence-electron chi connectivity index (χ2n) is 5.78. The minimum atomic E-state index is -0.634. The smallest absolute Gasteiger partial charge is 0.258 e. The van der Waals surface area contributed by atoms with Crippen molar-refractivity contribution in [3.8, 4) is 0 Å². The van der Waals surface area contributed by atoms with Gasteiger partial charge in [0, 0.05) is 38.6 Å². The van der Waals surface area contributed by atoms with Crippen LogP contribution in [0.25, 0.3) is 0 Å². The van der Waals surface area contributed by atoms with Gasteiger partial charge in [-0.25, -0.2) is 4.39 Å². The molecule has 130 valence electrons. The van der Waals surface area contributed by atoms with Gasteiger partial charge in [-0.05, 0) is 30.7 Å². The van der Waals surface area contributed by atoms with Crippen LogP contribution in [0.2, 0.25) is 5.02 Å². The molecule has 0 aliphatic carbocycles. The van der Waals surface area contributed by atoms with E-state index < -0.39 is 11.7 Å². The van der Waals surface area contributed by atoms with Crippen LogP contribution >= 0.6 is 11.6 Å². The van der Waals surface area contributed by atoms with Gasteiger partial charge in [-0.15, -0.1) is 0 Å². The van der Waals surface area contributed by atoms with Crippen molar-refractivity contribution < 1.29 is 14.0 Å². The lowest BCUT2D eigenvalue weighted by molar-refractivity contribution is 0.0716. The van der Waals surface area contributed by atoms with Crippen LogP contribution in [-0.2, 0) is 0 Å². The third-order valence-electron chi connectivity index (χ3n) is 4.16. The summed E-state index contributed by atoms with van der Waals surface area (Å²) in [6.45, 7) is 1.68. The van der Waals surface area contributed by atoms with Crippen molar-refractivity contribution in [1.29, 1.82) is 0 Å². The van der Waals surface area contributed by atoms with Crippen LogP contribution in [-0.4, -0.2) is 52.8 Å². The van der Waals surface area contributed by atoms with Crippen LogP contribution in [0.15, 0.2) is 42.7 Å². The Hall–Kier alpha value is -2.47. The number of carbonyl (C=O) groups is 2. The first-order valence-corrected chi connectivity index (χ1v) is 8.38. The second kappa shape index (κ2) is 7.61. The number of hydrogen-bond donors (Lipinski definition) is 0. The molecular weight excluding hydrogens is 345 g/mol. The van der Waals surface area contributed by atoms with Gasteiger partial charge in [0.15, 0.2) is 0 Å². The third-order valence-corrected chi connectivity index (χ3v) is 4.47. The normalized spacial score (nSPS) is 15.0. The van der Waals surface area contributed by atoms with Gasteiger partial charge in [0.2, 0.25) is 0 Å². The average Bonchev–Trinajstić information content (AvgIpc) is 2.88. The van der Waals surface area contributed by atoms with Crippen LogP contribution < -0.4 is 0 Å². The molecule has 25 heavy (non-hydrogen) atoms. The van der Waals surface area contributed by atoms with E-state index in [0.29, 0.717) is 38.2 Å². The zero-order valence-corrected chi connectivity index (χ0v) is 14.2. The first kappa shape index (κ1) is 17.4. The van der Waals surface area contributed by atoms with Crippen LogP contribution in [0.3, 0.4) is 0 Å². The molecular formula is C18H17ClFN3O2. The number of rotatable bonds is 2. The monoisotopic (exact) mass is 361 g/mol. The van der Waals surface area contributed by atoms with Gasteiger partial charge in [-0.1, -0.05) is 17.7 Å². The second-order valence-corrected chi connectivity index (χ2v) is 6.18. The molecule has 1 fully saturated rings. The van der Waals surface area contributed by atoms with Gasteiger partial charge < -0.3 is 9.80 Å². The number of hydrogen-bond acceptors (Lipinski definition) is 3. The number of benzene rings is 1. The van der Waals surface area contributed by atoms with Crippen LogP contribution in [0.5, 0.6) is 0 Å². The molecule has 2 heterocycles. The van der Waals surface area contributed by atoms with Crippen molar-refractivity contribution >= 4 is 23.4 Å². The predicted molar refractivity (Wildman–Crippen MR) is 92.1 cm³/mol. The summed E-state index contributed by atoms with van der Waals surface area (Å²) in [6, 6.07) is 7.59. The van der Waals surface area contributed by atoms with Crippen molar-refractivity contribution in [2.24, 2.45) is 0 Å². The third kappa shape index (κ3) is 3.79. The number of halogens is 2. The fourth-order valence-corrected chi connectivity index (χ4v) is 3.10. The highest BCUT2D eigenvalue weighted by Crippen LogP contribution is 2.21. The number of amides is 2. The summed E-state index contributed by atoms with van der Waals surface area (Å²) in [5.41, 5.74) is 0.399. The Bertz CT molecular complexity index is 765. The standard InChI is InChI=1S/C18H17ClFN3O2/c19-14-5-1-6-15(20)16(14)18(25)23-9-3-8-22(10-11-23)17(24)13-4-2-7-21-12-13/h1-2,4-7,12H,3,8-11H2. The van der Waals surface area contributed by atoms with E-state index in [-0.39, 0.29) is 16.5 Å². The van der Waals surface area contributed by atoms with E-state index in [4.69, 9.17) is 11.6 Å². The molecule has 0 saturated carbocycles. The molecule has 1 aliphatic rings. The number of aromatic nitrogens is 1. The van der Waals surface area contributed by atoms with Crippen LogP contribution in [0.1, 0.15) is 27.1 Å². The van der Waals surface area contributed by atoms with Gasteiger partial charge in [0.1, 0.15) is 5.82 Å². The van der Waals surface area contributed by atoms with E-state index in [2.05, 4.69) is 4.98 Å². The molecule has 5 nitrogen and oxygen atoms in total. The Morgan fingerprint density at radius 2 is 1.72 bits per heavy atom. The molecule has 1 saturated heterocycles. The summed E-state index contributed by atoms with van der Waals surface area (Å²) >= 11 is 5.98. The van der Waals surface area contributed by atoms with Gasteiger partial charge in [-0.2, -0.15) is 0 Å². The Kier molecular flexibility index (Phi) is 5.28. The Morgan fingerprint density at radius 1 is 1.00 bits per heavy atom. The Balaban J connectivity index is 1.71. The minimum Gasteiger partial charge on any atom is -0.337 e. The first-order valence-electron chi connectivity index (χ1n) is 8.00. The van der Waals surface area contributed by atoms with E-state index in [1.165, 1.54) is 24.4 Å². The van der Waals surface area contributed by atoms with Crippen LogP contribution in [0.4, 0.5) is 4.39 Å². The molecule has 0 N–H and O–H groups in total. The molecule has 0 atom stereocenters. The van der Waals surface area contributed by atoms with Crippen LogP contribution in [0, 0.1) is 5.82 Å². The lowest BCUT2D eigenvalue weighted by Gasteiger charge is -2.22. The number of nitrogens with zero attached hydrogens (tertiary/aromatic N) is 3. The predicted octanol–water partition coefficient (Wildman–Crippen LogP) is 2.86. The molecule has 0 bridgehead atoms. The van der Waals surface area contributed by atoms with E-state index in [0.717, 1.165) is 0 Å². The van der Waals surface area contributed by atoms with Crippen molar-refractivity contribution in [2.45, 2.75) is 6.42 Å². The largest absolute Gasteiger partial charge is 0.337 e. The molecule has 0 radical (unpaired) electrons. The summed E-state index contributed by atoms with van der Waals surface area (Å²) in [7, 11) is 0. The van der Waals surface area contributed by atoms with Crippen molar-refractivity contribution in [3.05, 3.63) is 64.7 Å². The SMILES string of the molecule is O=C(c1cccnc1)N1CCCN(C(=O)c2c(F)cccc2Cl)CC1. The molecule has 2 amide bonds. The Morgan fingerprint density at radius 3 is 2.36 bits per heavy atom. The molecule has 1 aliphatic heterocycles. The molecule has 0 spiro atoms. The summed E-state index contributed by atoms with van der Waals surface area (Å²) < 4.78 is 14.0. The highest BCUT2D eigenvalue weighted by Gasteiger charge is 2.26. The fourth-order valence-electron chi connectivity index (χ4n) is 2.86. The van der Waals surface area contributed by atoms with Crippen molar-refractivity contribution in [3.63, 3.8) is 0 Å². The first-order chi connectivity index (χ1) is 12.1. The molecule has 0 unspecified atom stereocenters. The zero-order chi connectivity index (χ0) is 17.8. The fraction of sp³-hybridized carbons (Fsp3) is 0.278. The van der Waals surface area contributed by atoms with Gasteiger partial charge >= 0.3 is 0 Å². The van der Waals surface area contributed by atoms with Gasteiger partial charge in [0.25, 0.3) is 11.8 Å². The quantitative estimate of drug-likeness (QED) is 0.826. The van der Waals surface area contributed by atoms with Gasteiger partial charge in [0.05, 0.1) is 16.1 Å². The molecule has 2 aromatic rings. The molecule has 1 aromatic heterocycles. The summed E-state index contributed by atoms with van der Waals surface area (Å²) in [5.74, 6) is -1.20. The summed E-state index contributed by atoms with van der Waals surface area (Å²) in [5, 5.41) is 0.0949. The van der Waals surface area contributed by atoms with E-state index >= 15 is 0 Å². The van der Waals surface area contributed by atoms with E-state index in [1.807, 2.05) is 0 Å². The molecule has 1 aromatic carbocycles. The van der Waals surface area contributed by atoms with Gasteiger partial charge in [-0.3, -0.25) is 14.6 Å². The maximum Gasteiger partial charge on any atom is 0.258 e. The lowest BCUT2D eigenvalue weighted by atomic mass is 10.1. The highest BCUT2D eigenvalue weighted by molar-refractivity contribution is 6.33. The average molecular weight is 362 g/mol. The van der Waals surface area contributed by atoms with Crippen molar-refractivity contribution in [2.75, 3.05) is 26.2 Å². The summed E-state index contributed by atoms with van der Waals surface area (Å²) in [6.07, 6.45) is 3.75. The van der Waals surface area contributed by atoms with Crippen molar-refractivity contribution in [1.82, 2.24) is 14.8 Å².